The maximum absolute atomic E-state index is 14.9. The molecule has 0 aliphatic carbocycles. The lowest BCUT2D eigenvalue weighted by Gasteiger charge is -2.24. The molecule has 2 amide bonds. The molecule has 6 rings (SSSR count). The predicted octanol–water partition coefficient (Wildman–Crippen LogP) is 14.2. The fourth-order valence-electron chi connectivity index (χ4n) is 7.59. The Morgan fingerprint density at radius 1 is 0.536 bits per heavy atom. The van der Waals surface area contributed by atoms with Crippen LogP contribution in [0.4, 0.5) is 22.8 Å². The molecule has 0 spiro atoms. The summed E-state index contributed by atoms with van der Waals surface area (Å²) in [6.45, 7) is 13.8. The zero-order chi connectivity index (χ0) is 62.4. The summed E-state index contributed by atoms with van der Waals surface area (Å²) >= 11 is 10.1. The van der Waals surface area contributed by atoms with Crippen LogP contribution in [0.5, 0.6) is 17.2 Å². The van der Waals surface area contributed by atoms with Crippen molar-refractivity contribution in [2.75, 3.05) is 66.9 Å². The van der Waals surface area contributed by atoms with Gasteiger partial charge in [0.15, 0.2) is 0 Å². The van der Waals surface area contributed by atoms with E-state index in [1.807, 2.05) is 76.3 Å². The summed E-state index contributed by atoms with van der Waals surface area (Å²) in [6.07, 6.45) is 0.957. The molecule has 6 aromatic rings. The van der Waals surface area contributed by atoms with Gasteiger partial charge in [-0.1, -0.05) is 96.3 Å². The van der Waals surface area contributed by atoms with Gasteiger partial charge < -0.3 is 50.3 Å². The minimum atomic E-state index is -3.85. The van der Waals surface area contributed by atoms with E-state index in [0.29, 0.717) is 67.3 Å². The second-order valence-electron chi connectivity index (χ2n) is 21.4. The summed E-state index contributed by atoms with van der Waals surface area (Å²) < 4.78 is 102. The number of halogens is 6. The first kappa shape index (κ1) is 70.8. The van der Waals surface area contributed by atoms with Crippen molar-refractivity contribution in [3.8, 4) is 17.2 Å². The molecular weight excluding hydrogens is 1300 g/mol. The fraction of sp³-hybridized carbons (Fsp3) is 0.387. The Morgan fingerprint density at radius 2 is 0.857 bits per heavy atom. The Morgan fingerprint density at radius 3 is 1.17 bits per heavy atom. The molecule has 0 fully saturated rings. The summed E-state index contributed by atoms with van der Waals surface area (Å²) in [7, 11) is 1.34. The maximum Gasteiger partial charge on any atom is 0.410 e. The summed E-state index contributed by atoms with van der Waals surface area (Å²) in [5.74, 6) is -0.181. The van der Waals surface area contributed by atoms with Gasteiger partial charge in [-0.3, -0.25) is 4.18 Å². The number of ether oxygens (including phenoxy) is 5. The van der Waals surface area contributed by atoms with Crippen LogP contribution in [0, 0.1) is 17.5 Å². The molecule has 0 aromatic heterocycles. The molecule has 3 atom stereocenters. The number of amides is 2. The highest BCUT2D eigenvalue weighted by atomic mass is 79.9. The minimum Gasteiger partial charge on any atom is -0.493 e. The third-order valence-electron chi connectivity index (χ3n) is 11.8. The third kappa shape index (κ3) is 25.5. The first-order chi connectivity index (χ1) is 39.4. The zero-order valence-corrected chi connectivity index (χ0v) is 54.6. The zero-order valence-electron chi connectivity index (χ0n) is 49.0. The summed E-state index contributed by atoms with van der Waals surface area (Å²) in [4.78, 5) is 26.8. The molecule has 458 valence electrons. The number of nitrogens with zero attached hydrogens (tertiary/aromatic N) is 2. The largest absolute Gasteiger partial charge is 0.493 e. The van der Waals surface area contributed by atoms with Gasteiger partial charge in [0.1, 0.15) is 52.0 Å². The van der Waals surface area contributed by atoms with Crippen molar-refractivity contribution in [3.63, 3.8) is 0 Å². The van der Waals surface area contributed by atoms with Gasteiger partial charge in [0, 0.05) is 75.5 Å². The van der Waals surface area contributed by atoms with E-state index in [9.17, 15) is 31.2 Å². The Balaban J connectivity index is 0.000000275. The fourth-order valence-corrected chi connectivity index (χ4v) is 8.95. The average molecular weight is 1380 g/mol. The van der Waals surface area contributed by atoms with E-state index in [1.165, 1.54) is 34.1 Å². The number of carbonyl (C=O) groups excluding carboxylic acids is 2. The van der Waals surface area contributed by atoms with Gasteiger partial charge >= 0.3 is 12.2 Å². The highest BCUT2D eigenvalue weighted by Gasteiger charge is 2.25. The van der Waals surface area contributed by atoms with E-state index in [2.05, 4.69) is 53.1 Å². The van der Waals surface area contributed by atoms with Crippen LogP contribution in [0.3, 0.4) is 0 Å². The first-order valence-corrected chi connectivity index (χ1v) is 31.1. The molecular formula is C62H77Br3F3N5O10S. The lowest BCUT2D eigenvalue weighted by atomic mass is 9.99. The van der Waals surface area contributed by atoms with Gasteiger partial charge in [-0.25, -0.2) is 22.8 Å². The summed E-state index contributed by atoms with van der Waals surface area (Å²) in [5, 5.41) is 3.04. The molecule has 0 aliphatic rings. The Labute approximate surface area is 518 Å². The van der Waals surface area contributed by atoms with Gasteiger partial charge in [-0.2, -0.15) is 8.42 Å². The molecule has 3 unspecified atom stereocenters. The van der Waals surface area contributed by atoms with Crippen molar-refractivity contribution in [1.29, 1.82) is 0 Å². The quantitative estimate of drug-likeness (QED) is 0.0405. The molecule has 0 radical (unpaired) electrons. The van der Waals surface area contributed by atoms with Crippen LogP contribution in [0.2, 0.25) is 0 Å². The molecule has 5 N–H and O–H groups in total. The number of benzene rings is 6. The molecule has 6 aromatic carbocycles. The van der Waals surface area contributed by atoms with Crippen molar-refractivity contribution in [2.45, 2.75) is 90.2 Å². The molecule has 0 saturated heterocycles. The highest BCUT2D eigenvalue weighted by molar-refractivity contribution is 9.11. The van der Waals surface area contributed by atoms with Gasteiger partial charge in [0.25, 0.3) is 10.1 Å². The smallest absolute Gasteiger partial charge is 0.410 e. The van der Waals surface area contributed by atoms with Crippen LogP contribution in [-0.2, 0) is 23.8 Å². The minimum absolute atomic E-state index is 0.0692. The highest BCUT2D eigenvalue weighted by Crippen LogP contribution is 2.33. The number of carbonyl (C=O) groups is 2. The Hall–Kier alpha value is -5.72. The number of nitrogens with one attached hydrogen (secondary N) is 1. The molecule has 0 heterocycles. The predicted molar refractivity (Wildman–Crippen MR) is 333 cm³/mol. The molecule has 22 heteroatoms. The van der Waals surface area contributed by atoms with E-state index >= 15 is 0 Å². The topological polar surface area (TPSA) is 194 Å². The molecule has 0 aliphatic heterocycles. The van der Waals surface area contributed by atoms with Crippen molar-refractivity contribution < 1.29 is 59.0 Å². The number of hydrogen-bond donors (Lipinski definition) is 3. The first-order valence-electron chi connectivity index (χ1n) is 26.9. The van der Waals surface area contributed by atoms with E-state index in [0.717, 1.165) is 43.8 Å². The number of nitrogens with two attached hydrogens (primary N) is 2. The van der Waals surface area contributed by atoms with Crippen molar-refractivity contribution in [1.82, 2.24) is 15.1 Å². The molecule has 0 saturated carbocycles. The van der Waals surface area contributed by atoms with E-state index in [4.69, 9.17) is 39.3 Å². The van der Waals surface area contributed by atoms with Crippen LogP contribution in [0.1, 0.15) is 112 Å². The lowest BCUT2D eigenvalue weighted by molar-refractivity contribution is 0.0281. The van der Waals surface area contributed by atoms with Crippen LogP contribution in [0.25, 0.3) is 0 Å². The third-order valence-corrected chi connectivity index (χ3v) is 14.0. The van der Waals surface area contributed by atoms with E-state index in [-0.39, 0.29) is 29.8 Å². The van der Waals surface area contributed by atoms with Crippen LogP contribution in [-0.4, -0.2) is 108 Å². The molecule has 15 nitrogen and oxygen atoms in total. The monoisotopic (exact) mass is 1380 g/mol. The standard InChI is InChI=1S/C23H29BrFNO6S.C22H28BrFN2O3.C17H20BrFN2O/c1-23(2,3)31-22(27)26(4)13-6-14-30-18-11-12-19(20(25)15-18)21(32-33(5,28)29)16-7-9-17(24)10-8-16;1-22(2,3)29-21(27)26(4)12-5-13-28-17-10-11-18(19(24)14-17)20(25)15-6-8-16(23)9-7-15;1-21-9-2-10-22-14-7-8-15(16(19)11-14)17(20)12-3-5-13(18)6-4-12/h7-12,15,21H,6,13-14H2,1-5H3;6-11,14,20H,5,12-13,25H2,1-4H3;3-8,11,17,21H,2,9-10,20H2,1H3. The molecule has 84 heavy (non-hydrogen) atoms. The van der Waals surface area contributed by atoms with Gasteiger partial charge in [-0.15, -0.1) is 0 Å². The summed E-state index contributed by atoms with van der Waals surface area (Å²) in [5.41, 5.74) is 14.4. The van der Waals surface area contributed by atoms with Crippen molar-refractivity contribution in [2.24, 2.45) is 11.5 Å². The average Bonchev–Trinajstić information content (AvgIpc) is 3.55. The number of rotatable bonds is 23. The van der Waals surface area contributed by atoms with Gasteiger partial charge in [0.2, 0.25) is 0 Å². The van der Waals surface area contributed by atoms with Crippen LogP contribution >= 0.6 is 47.8 Å². The Kier molecular flexibility index (Phi) is 28.5. The van der Waals surface area contributed by atoms with E-state index < -0.39 is 57.2 Å². The van der Waals surface area contributed by atoms with Gasteiger partial charge in [0.05, 0.1) is 38.2 Å². The number of hydrogen-bond acceptors (Lipinski definition) is 13. The van der Waals surface area contributed by atoms with Gasteiger partial charge in [-0.05, 0) is 152 Å². The SMILES string of the molecule is CN(CCCOc1ccc(C(N)c2ccc(Br)cc2)c(F)c1)C(=O)OC(C)(C)C.CN(CCCOc1ccc(C(OS(C)(=O)=O)c2ccc(Br)cc2)c(F)c1)C(=O)OC(C)(C)C.CNCCCOc1ccc(C(N)c2ccc(Br)cc2)c(F)c1. The lowest BCUT2D eigenvalue weighted by Crippen LogP contribution is -2.35. The van der Waals surface area contributed by atoms with Crippen LogP contribution < -0.4 is 31.0 Å². The van der Waals surface area contributed by atoms with Crippen molar-refractivity contribution in [3.05, 3.63) is 192 Å². The normalized spacial score (nSPS) is 12.5. The van der Waals surface area contributed by atoms with Crippen LogP contribution in [0.15, 0.2) is 141 Å². The van der Waals surface area contributed by atoms with E-state index in [1.54, 1.807) is 89.5 Å². The Bertz CT molecular complexity index is 3140. The van der Waals surface area contributed by atoms with Crippen molar-refractivity contribution >= 4 is 70.1 Å². The second kappa shape index (κ2) is 33.8. The summed E-state index contributed by atoms with van der Waals surface area (Å²) in [6, 6.07) is 34.4. The molecule has 0 bridgehead atoms. The maximum atomic E-state index is 14.9. The second-order valence-corrected chi connectivity index (χ2v) is 25.7.